The van der Waals surface area contributed by atoms with Crippen molar-refractivity contribution < 1.29 is 4.79 Å². The molecule has 1 amide bonds. The summed E-state index contributed by atoms with van der Waals surface area (Å²) in [6.45, 7) is 7.65. The van der Waals surface area contributed by atoms with Gasteiger partial charge in [0.15, 0.2) is 0 Å². The molecular formula is C12H20N4O. The van der Waals surface area contributed by atoms with Crippen molar-refractivity contribution in [1.82, 2.24) is 19.4 Å². The first-order chi connectivity index (χ1) is 8.29. The van der Waals surface area contributed by atoms with E-state index in [9.17, 15) is 4.79 Å². The lowest BCUT2D eigenvalue weighted by Gasteiger charge is -2.34. The van der Waals surface area contributed by atoms with Crippen LogP contribution >= 0.6 is 0 Å². The lowest BCUT2D eigenvalue weighted by atomic mass is 10.3. The largest absolute Gasteiger partial charge is 0.340 e. The van der Waals surface area contributed by atoms with Crippen molar-refractivity contribution in [2.45, 2.75) is 19.9 Å². The Bertz CT molecular complexity index is 341. The number of piperazine rings is 1. The first-order valence-corrected chi connectivity index (χ1v) is 6.25. The first-order valence-electron chi connectivity index (χ1n) is 6.25. The van der Waals surface area contributed by atoms with E-state index in [1.165, 1.54) is 0 Å². The predicted molar refractivity (Wildman–Crippen MR) is 65.5 cm³/mol. The molecule has 0 bridgehead atoms. The monoisotopic (exact) mass is 236 g/mol. The summed E-state index contributed by atoms with van der Waals surface area (Å²) in [7, 11) is 0. The van der Waals surface area contributed by atoms with E-state index in [0.29, 0.717) is 6.42 Å². The Labute approximate surface area is 102 Å². The fraction of sp³-hybridized carbons (Fsp3) is 0.667. The topological polar surface area (TPSA) is 41.4 Å². The summed E-state index contributed by atoms with van der Waals surface area (Å²) in [5.41, 5.74) is 0. The van der Waals surface area contributed by atoms with Crippen LogP contribution in [-0.4, -0.2) is 58.0 Å². The van der Waals surface area contributed by atoms with E-state index < -0.39 is 0 Å². The van der Waals surface area contributed by atoms with E-state index in [2.05, 4.69) is 14.5 Å². The molecule has 0 radical (unpaired) electrons. The number of amides is 1. The Morgan fingerprint density at radius 3 is 2.59 bits per heavy atom. The smallest absolute Gasteiger partial charge is 0.222 e. The van der Waals surface area contributed by atoms with Gasteiger partial charge in [-0.2, -0.15) is 0 Å². The van der Waals surface area contributed by atoms with E-state index in [-0.39, 0.29) is 5.91 Å². The van der Waals surface area contributed by atoms with Crippen LogP contribution in [0.1, 0.15) is 13.3 Å². The average molecular weight is 236 g/mol. The highest BCUT2D eigenvalue weighted by Gasteiger charge is 2.19. The number of hydrogen-bond donors (Lipinski definition) is 0. The second kappa shape index (κ2) is 5.82. The Kier molecular flexibility index (Phi) is 4.14. The molecule has 1 saturated heterocycles. The molecule has 0 unspecified atom stereocenters. The fourth-order valence-electron chi connectivity index (χ4n) is 2.12. The molecule has 94 valence electrons. The number of hydrogen-bond acceptors (Lipinski definition) is 3. The Morgan fingerprint density at radius 1 is 1.24 bits per heavy atom. The number of carbonyl (C=O) groups is 1. The van der Waals surface area contributed by atoms with E-state index in [1.54, 1.807) is 6.20 Å². The third-order valence-electron chi connectivity index (χ3n) is 3.26. The Balaban J connectivity index is 1.70. The molecule has 0 aromatic carbocycles. The summed E-state index contributed by atoms with van der Waals surface area (Å²) in [6, 6.07) is 0. The minimum absolute atomic E-state index is 0.277. The van der Waals surface area contributed by atoms with Gasteiger partial charge < -0.3 is 9.47 Å². The maximum atomic E-state index is 11.5. The molecule has 0 spiro atoms. The maximum absolute atomic E-state index is 11.5. The molecule has 0 saturated carbocycles. The lowest BCUT2D eigenvalue weighted by molar-refractivity contribution is -0.132. The molecular weight excluding hydrogens is 216 g/mol. The minimum atomic E-state index is 0.277. The van der Waals surface area contributed by atoms with E-state index in [4.69, 9.17) is 0 Å². The number of imidazole rings is 1. The normalized spacial score (nSPS) is 17.4. The van der Waals surface area contributed by atoms with Gasteiger partial charge in [0.05, 0.1) is 6.33 Å². The quantitative estimate of drug-likeness (QED) is 0.761. The molecule has 5 nitrogen and oxygen atoms in total. The summed E-state index contributed by atoms with van der Waals surface area (Å²) in [6.07, 6.45) is 6.25. The second-order valence-corrected chi connectivity index (χ2v) is 4.38. The molecule has 0 N–H and O–H groups in total. The van der Waals surface area contributed by atoms with Gasteiger partial charge in [-0.1, -0.05) is 6.92 Å². The van der Waals surface area contributed by atoms with Crippen LogP contribution < -0.4 is 0 Å². The molecule has 1 aliphatic rings. The molecule has 0 atom stereocenters. The van der Waals surface area contributed by atoms with Crippen molar-refractivity contribution in [3.63, 3.8) is 0 Å². The van der Waals surface area contributed by atoms with Crippen LogP contribution in [0.4, 0.5) is 0 Å². The maximum Gasteiger partial charge on any atom is 0.222 e. The highest BCUT2D eigenvalue weighted by molar-refractivity contribution is 5.75. The summed E-state index contributed by atoms with van der Waals surface area (Å²) < 4.78 is 2.09. The van der Waals surface area contributed by atoms with Crippen molar-refractivity contribution in [2.75, 3.05) is 32.7 Å². The zero-order valence-electron chi connectivity index (χ0n) is 10.4. The van der Waals surface area contributed by atoms with Crippen LogP contribution in [0.15, 0.2) is 18.7 Å². The molecule has 1 aliphatic heterocycles. The highest BCUT2D eigenvalue weighted by Crippen LogP contribution is 2.03. The van der Waals surface area contributed by atoms with Gasteiger partial charge in [0.1, 0.15) is 0 Å². The molecule has 1 fully saturated rings. The van der Waals surface area contributed by atoms with Crippen molar-refractivity contribution in [3.05, 3.63) is 18.7 Å². The Morgan fingerprint density at radius 2 is 2.00 bits per heavy atom. The summed E-state index contributed by atoms with van der Waals surface area (Å²) in [5, 5.41) is 0. The molecule has 5 heteroatoms. The molecule has 0 aliphatic carbocycles. The zero-order chi connectivity index (χ0) is 12.1. The van der Waals surface area contributed by atoms with Crippen molar-refractivity contribution in [2.24, 2.45) is 0 Å². The second-order valence-electron chi connectivity index (χ2n) is 4.38. The van der Waals surface area contributed by atoms with Crippen LogP contribution in [0, 0.1) is 0 Å². The van der Waals surface area contributed by atoms with Crippen LogP contribution in [0.25, 0.3) is 0 Å². The first kappa shape index (κ1) is 12.1. The van der Waals surface area contributed by atoms with Crippen molar-refractivity contribution >= 4 is 5.91 Å². The predicted octanol–water partition coefficient (Wildman–Crippen LogP) is 0.437. The SMILES string of the molecule is CCC(=O)N1CCN(CCn2ccnc2)CC1. The number of aromatic nitrogens is 2. The van der Waals surface area contributed by atoms with Crippen LogP contribution in [0.5, 0.6) is 0 Å². The molecule has 17 heavy (non-hydrogen) atoms. The third-order valence-corrected chi connectivity index (χ3v) is 3.26. The fourth-order valence-corrected chi connectivity index (χ4v) is 2.12. The minimum Gasteiger partial charge on any atom is -0.340 e. The lowest BCUT2D eigenvalue weighted by Crippen LogP contribution is -2.49. The van der Waals surface area contributed by atoms with Crippen molar-refractivity contribution in [3.8, 4) is 0 Å². The third kappa shape index (κ3) is 3.30. The van der Waals surface area contributed by atoms with E-state index in [1.807, 2.05) is 24.3 Å². The standard InChI is InChI=1S/C12H20N4O/c1-2-12(17)16-9-7-14(8-10-16)5-6-15-4-3-13-11-15/h3-4,11H,2,5-10H2,1H3. The van der Waals surface area contributed by atoms with Gasteiger partial charge in [0.2, 0.25) is 5.91 Å². The van der Waals surface area contributed by atoms with Gasteiger partial charge >= 0.3 is 0 Å². The molecule has 1 aromatic heterocycles. The average Bonchev–Trinajstić information content (AvgIpc) is 2.89. The molecule has 2 heterocycles. The number of carbonyl (C=O) groups excluding carboxylic acids is 1. The number of rotatable bonds is 4. The Hall–Kier alpha value is -1.36. The highest BCUT2D eigenvalue weighted by atomic mass is 16.2. The van der Waals surface area contributed by atoms with Crippen LogP contribution in [0.3, 0.4) is 0 Å². The van der Waals surface area contributed by atoms with Crippen LogP contribution in [0.2, 0.25) is 0 Å². The van der Waals surface area contributed by atoms with Gasteiger partial charge in [-0.15, -0.1) is 0 Å². The van der Waals surface area contributed by atoms with Gasteiger partial charge in [-0.25, -0.2) is 4.98 Å². The number of nitrogens with zero attached hydrogens (tertiary/aromatic N) is 4. The summed E-state index contributed by atoms with van der Waals surface area (Å²) in [5.74, 6) is 0.277. The summed E-state index contributed by atoms with van der Waals surface area (Å²) in [4.78, 5) is 19.9. The summed E-state index contributed by atoms with van der Waals surface area (Å²) >= 11 is 0. The van der Waals surface area contributed by atoms with Gasteiger partial charge in [0, 0.05) is 58.1 Å². The molecule has 2 rings (SSSR count). The van der Waals surface area contributed by atoms with E-state index in [0.717, 1.165) is 39.3 Å². The zero-order valence-corrected chi connectivity index (χ0v) is 10.4. The van der Waals surface area contributed by atoms with Gasteiger partial charge in [0.25, 0.3) is 0 Å². The molecule has 1 aromatic rings. The van der Waals surface area contributed by atoms with E-state index >= 15 is 0 Å². The van der Waals surface area contributed by atoms with Crippen molar-refractivity contribution in [1.29, 1.82) is 0 Å². The van der Waals surface area contributed by atoms with Gasteiger partial charge in [-0.3, -0.25) is 9.69 Å². The van der Waals surface area contributed by atoms with Crippen LogP contribution in [-0.2, 0) is 11.3 Å². The van der Waals surface area contributed by atoms with Gasteiger partial charge in [-0.05, 0) is 0 Å².